The highest BCUT2D eigenvalue weighted by Crippen LogP contribution is 2.59. The molecule has 0 radical (unpaired) electrons. The fourth-order valence-corrected chi connectivity index (χ4v) is 8.59. The average molecular weight is 776 g/mol. The predicted molar refractivity (Wildman–Crippen MR) is 207 cm³/mol. The van der Waals surface area contributed by atoms with Crippen LogP contribution in [0.15, 0.2) is 24.3 Å². The van der Waals surface area contributed by atoms with Crippen molar-refractivity contribution in [1.29, 1.82) is 0 Å². The number of aliphatic carboxylic acids is 1. The summed E-state index contributed by atoms with van der Waals surface area (Å²) in [6.45, 7) is 15.4. The molecule has 0 spiro atoms. The van der Waals surface area contributed by atoms with E-state index >= 15 is 0 Å². The van der Waals surface area contributed by atoms with Gasteiger partial charge < -0.3 is 40.3 Å². The molecule has 13 nitrogen and oxygen atoms in total. The minimum atomic E-state index is -1.30. The molecule has 2 aliphatic rings. The molecule has 1 aliphatic carbocycles. The van der Waals surface area contributed by atoms with E-state index in [1.54, 1.807) is 32.0 Å². The number of carboxylic acid groups (broad SMARTS) is 1. The molecule has 3 rings (SSSR count). The third kappa shape index (κ3) is 10.6. The summed E-state index contributed by atoms with van der Waals surface area (Å²) >= 11 is 0. The molecular formula is C41H66FN5O8. The highest BCUT2D eigenvalue weighted by Gasteiger charge is 2.65. The van der Waals surface area contributed by atoms with Crippen LogP contribution in [-0.2, 0) is 39.9 Å². The van der Waals surface area contributed by atoms with Gasteiger partial charge in [-0.1, -0.05) is 67.0 Å². The molecule has 1 saturated heterocycles. The Kier molecular flexibility index (Phi) is 16.2. The van der Waals surface area contributed by atoms with Gasteiger partial charge in [0.05, 0.1) is 42.7 Å². The number of fused-ring (bicyclic) bond motifs is 1. The topological polar surface area (TPSA) is 167 Å². The van der Waals surface area contributed by atoms with Gasteiger partial charge in [0.15, 0.2) is 0 Å². The zero-order chi connectivity index (χ0) is 41.5. The summed E-state index contributed by atoms with van der Waals surface area (Å²) in [5, 5.41) is 18.5. The van der Waals surface area contributed by atoms with E-state index in [4.69, 9.17) is 9.47 Å². The van der Waals surface area contributed by atoms with Crippen molar-refractivity contribution in [1.82, 2.24) is 25.8 Å². The Morgan fingerprint density at radius 3 is 2.15 bits per heavy atom. The maximum atomic E-state index is 14.6. The van der Waals surface area contributed by atoms with Crippen LogP contribution in [0.25, 0.3) is 0 Å². The van der Waals surface area contributed by atoms with E-state index in [0.717, 1.165) is 6.42 Å². The smallest absolute Gasteiger partial charge is 0.326 e. The fourth-order valence-electron chi connectivity index (χ4n) is 8.59. The average Bonchev–Trinajstić information content (AvgIpc) is 3.68. The first-order chi connectivity index (χ1) is 25.8. The van der Waals surface area contributed by atoms with Crippen molar-refractivity contribution in [2.24, 2.45) is 29.6 Å². The molecule has 0 unspecified atom stereocenters. The van der Waals surface area contributed by atoms with E-state index in [-0.39, 0.29) is 54.2 Å². The Morgan fingerprint density at radius 1 is 1.00 bits per heavy atom. The van der Waals surface area contributed by atoms with Gasteiger partial charge in [-0.15, -0.1) is 0 Å². The molecule has 4 amide bonds. The molecule has 2 fully saturated rings. The Morgan fingerprint density at radius 2 is 1.64 bits per heavy atom. The van der Waals surface area contributed by atoms with Gasteiger partial charge in [-0.25, -0.2) is 9.18 Å². The van der Waals surface area contributed by atoms with Gasteiger partial charge in [-0.2, -0.15) is 0 Å². The zero-order valence-corrected chi connectivity index (χ0v) is 34.9. The number of piperidine rings is 1. The van der Waals surface area contributed by atoms with E-state index in [0.29, 0.717) is 18.4 Å². The van der Waals surface area contributed by atoms with Crippen molar-refractivity contribution in [3.63, 3.8) is 0 Å². The number of hydrogen-bond acceptors (Lipinski definition) is 8. The van der Waals surface area contributed by atoms with Crippen molar-refractivity contribution < 1.29 is 42.9 Å². The molecule has 310 valence electrons. The lowest BCUT2D eigenvalue weighted by atomic mass is 9.89. The molecular weight excluding hydrogens is 709 g/mol. The zero-order valence-electron chi connectivity index (χ0n) is 34.9. The van der Waals surface area contributed by atoms with Gasteiger partial charge in [-0.05, 0) is 68.2 Å². The lowest BCUT2D eigenvalue weighted by Crippen LogP contribution is -2.60. The number of carbonyl (C=O) groups excluding carboxylic acids is 4. The maximum absolute atomic E-state index is 14.6. The van der Waals surface area contributed by atoms with Crippen LogP contribution in [0.2, 0.25) is 0 Å². The van der Waals surface area contributed by atoms with E-state index in [9.17, 15) is 33.5 Å². The van der Waals surface area contributed by atoms with Crippen LogP contribution in [0, 0.1) is 35.4 Å². The molecule has 55 heavy (non-hydrogen) atoms. The molecule has 1 aliphatic heterocycles. The highest BCUT2D eigenvalue weighted by molar-refractivity contribution is 5.90. The van der Waals surface area contributed by atoms with Crippen LogP contribution in [0.1, 0.15) is 86.6 Å². The van der Waals surface area contributed by atoms with Crippen LogP contribution >= 0.6 is 0 Å². The van der Waals surface area contributed by atoms with Gasteiger partial charge in [0, 0.05) is 33.2 Å². The SMILES string of the molecule is CC[C@H](C)[C@@H]([C@@H](CC(=O)N1[C@H]([C@H](OC)[C@@H](C)C(=O)N[C@@H](Cc2cccc(F)c2)C(=O)O)C[C@H]2C[C@]21C)OC)N(C)C(=O)[C@@H](NC(=O)[C@@H](NC)C(C)C)C(C)C. The predicted octanol–water partition coefficient (Wildman–Crippen LogP) is 3.63. The Bertz CT molecular complexity index is 1510. The third-order valence-corrected chi connectivity index (χ3v) is 12.1. The van der Waals surface area contributed by atoms with Crippen molar-refractivity contribution >= 4 is 29.6 Å². The first-order valence-corrected chi connectivity index (χ1v) is 19.7. The van der Waals surface area contributed by atoms with Gasteiger partial charge >= 0.3 is 5.97 Å². The molecule has 4 N–H and O–H groups in total. The van der Waals surface area contributed by atoms with Crippen LogP contribution < -0.4 is 16.0 Å². The van der Waals surface area contributed by atoms with Crippen LogP contribution in [0.5, 0.6) is 0 Å². The molecule has 1 saturated carbocycles. The van der Waals surface area contributed by atoms with Crippen molar-refractivity contribution in [3.05, 3.63) is 35.6 Å². The molecule has 11 atom stereocenters. The number of amides is 4. The second kappa shape index (κ2) is 19.5. The number of carboxylic acids is 1. The quantitative estimate of drug-likeness (QED) is 0.146. The summed E-state index contributed by atoms with van der Waals surface area (Å²) in [6, 6.07) is 2.02. The van der Waals surface area contributed by atoms with Crippen LogP contribution in [0.3, 0.4) is 0 Å². The number of ether oxygens (including phenoxy) is 2. The van der Waals surface area contributed by atoms with E-state index in [1.807, 2.05) is 53.4 Å². The number of rotatable bonds is 21. The second-order valence-electron chi connectivity index (χ2n) is 16.6. The third-order valence-electron chi connectivity index (χ3n) is 12.1. The monoisotopic (exact) mass is 775 g/mol. The molecule has 0 aromatic heterocycles. The number of likely N-dealkylation sites (tertiary alicyclic amines) is 1. The summed E-state index contributed by atoms with van der Waals surface area (Å²) in [5.74, 6) is -3.94. The Labute approximate surface area is 326 Å². The van der Waals surface area contributed by atoms with Crippen LogP contribution in [-0.4, -0.2) is 121 Å². The lowest BCUT2D eigenvalue weighted by Gasteiger charge is -2.42. The number of nitrogens with one attached hydrogen (secondary N) is 3. The largest absolute Gasteiger partial charge is 0.480 e. The van der Waals surface area contributed by atoms with Gasteiger partial charge in [0.25, 0.3) is 0 Å². The van der Waals surface area contributed by atoms with Crippen molar-refractivity contribution in [2.75, 3.05) is 28.3 Å². The number of likely N-dealkylation sites (N-methyl/N-ethyl adjacent to an activating group) is 2. The number of halogens is 1. The van der Waals surface area contributed by atoms with Gasteiger partial charge in [-0.3, -0.25) is 19.2 Å². The molecule has 1 heterocycles. The first kappa shape index (κ1) is 45.8. The summed E-state index contributed by atoms with van der Waals surface area (Å²) in [4.78, 5) is 71.3. The van der Waals surface area contributed by atoms with E-state index in [2.05, 4.69) is 16.0 Å². The summed E-state index contributed by atoms with van der Waals surface area (Å²) < 4.78 is 25.8. The second-order valence-corrected chi connectivity index (χ2v) is 16.6. The number of nitrogens with zero attached hydrogens (tertiary/aromatic N) is 2. The van der Waals surface area contributed by atoms with Crippen molar-refractivity contribution in [3.8, 4) is 0 Å². The minimum absolute atomic E-state index is 0.00762. The Hall–Kier alpha value is -3.62. The Balaban J connectivity index is 1.84. The lowest BCUT2D eigenvalue weighted by molar-refractivity contribution is -0.150. The molecule has 0 bridgehead atoms. The molecule has 1 aromatic rings. The van der Waals surface area contributed by atoms with Gasteiger partial charge in [0.1, 0.15) is 17.9 Å². The number of benzene rings is 1. The highest BCUT2D eigenvalue weighted by atomic mass is 19.1. The van der Waals surface area contributed by atoms with Crippen LogP contribution in [0.4, 0.5) is 4.39 Å². The number of methoxy groups -OCH3 is 2. The number of carbonyl (C=O) groups is 5. The minimum Gasteiger partial charge on any atom is -0.480 e. The maximum Gasteiger partial charge on any atom is 0.326 e. The van der Waals surface area contributed by atoms with Gasteiger partial charge in [0.2, 0.25) is 23.6 Å². The van der Waals surface area contributed by atoms with Crippen molar-refractivity contribution in [2.45, 2.75) is 135 Å². The number of hydrogen-bond donors (Lipinski definition) is 4. The van der Waals surface area contributed by atoms with E-state index < -0.39 is 71.6 Å². The normalized spacial score (nSPS) is 23.5. The standard InChI is InChI=1S/C41H66FN5O8/c1-13-24(6)35(46(10)39(51)34(23(4)5)45-38(50)33(43-9)22(2)3)31(54-11)20-32(48)47-30(19-27-21-41(27,47)8)36(55-12)25(7)37(49)44-29(40(52)53)18-26-15-14-16-28(42)17-26/h14-17,22-25,27,29-31,33-36,43H,13,18-21H2,1-12H3,(H,44,49)(H,45,50)(H,52,53)/t24-,25+,27-,29-,30-,31+,33-,34-,35-,36+,41+/m0/s1. The molecule has 14 heteroatoms. The summed E-state index contributed by atoms with van der Waals surface area (Å²) in [5.41, 5.74) is -0.0208. The first-order valence-electron chi connectivity index (χ1n) is 19.7. The van der Waals surface area contributed by atoms with E-state index in [1.165, 1.54) is 32.4 Å². The fraction of sp³-hybridized carbons (Fsp3) is 0.732. The molecule has 1 aromatic carbocycles. The summed E-state index contributed by atoms with van der Waals surface area (Å²) in [7, 11) is 6.43. The summed E-state index contributed by atoms with van der Waals surface area (Å²) in [6.07, 6.45) is 0.509.